The van der Waals surface area contributed by atoms with Gasteiger partial charge in [0.05, 0.1) is 0 Å². The first-order valence-electron chi connectivity index (χ1n) is 8.71. The number of rotatable bonds is 4. The van der Waals surface area contributed by atoms with Gasteiger partial charge in [0.2, 0.25) is 0 Å². The minimum atomic E-state index is 0.599. The number of carbonyl (C=O) groups is 1. The topological polar surface area (TPSA) is 35.6 Å². The van der Waals surface area contributed by atoms with E-state index in [1.54, 1.807) is 12.2 Å². The molecule has 4 heteroatoms. The summed E-state index contributed by atoms with van der Waals surface area (Å²) < 4.78 is 0. The van der Waals surface area contributed by atoms with E-state index in [1.165, 1.54) is 37.4 Å². The van der Waals surface area contributed by atoms with Gasteiger partial charge >= 0.3 is 0 Å². The monoisotopic (exact) mass is 331 g/mol. The molecule has 24 heavy (non-hydrogen) atoms. The van der Waals surface area contributed by atoms with Crippen LogP contribution in [0.25, 0.3) is 0 Å². The molecule has 2 aliphatic heterocycles. The van der Waals surface area contributed by atoms with Gasteiger partial charge in [0.15, 0.2) is 0 Å². The van der Waals surface area contributed by atoms with E-state index < -0.39 is 0 Å². The molecule has 0 amide bonds. The van der Waals surface area contributed by atoms with E-state index in [4.69, 9.17) is 0 Å². The maximum Gasteiger partial charge on any atom is 0.150 e. The predicted octanol–water partition coefficient (Wildman–Crippen LogP) is 3.11. The van der Waals surface area contributed by atoms with Crippen molar-refractivity contribution in [1.82, 2.24) is 15.1 Å². The first-order chi connectivity index (χ1) is 11.4. The molecule has 2 aliphatic rings. The summed E-state index contributed by atoms with van der Waals surface area (Å²) in [6, 6.07) is 0.730. The highest BCUT2D eigenvalue weighted by Crippen LogP contribution is 2.20. The van der Waals surface area contributed by atoms with E-state index in [0.717, 1.165) is 24.4 Å². The molecule has 2 heterocycles. The molecule has 0 aromatic rings. The normalized spacial score (nSPS) is 21.6. The van der Waals surface area contributed by atoms with Gasteiger partial charge in [-0.2, -0.15) is 0 Å². The Balaban J connectivity index is 0.000000254. The Labute approximate surface area is 147 Å². The Morgan fingerprint density at radius 1 is 1.21 bits per heavy atom. The summed E-state index contributed by atoms with van der Waals surface area (Å²) in [5.74, 6) is 0. The molecule has 1 fully saturated rings. The van der Waals surface area contributed by atoms with Crippen molar-refractivity contribution < 1.29 is 4.79 Å². The third-order valence-electron chi connectivity index (χ3n) is 4.56. The number of aldehydes is 1. The summed E-state index contributed by atoms with van der Waals surface area (Å²) >= 11 is 0. The highest BCUT2D eigenvalue weighted by Gasteiger charge is 2.15. The fourth-order valence-corrected chi connectivity index (χ4v) is 2.60. The van der Waals surface area contributed by atoms with Crippen LogP contribution in [0, 0.1) is 0 Å². The van der Waals surface area contributed by atoms with Gasteiger partial charge < -0.3 is 10.2 Å². The predicted molar refractivity (Wildman–Crippen MR) is 103 cm³/mol. The number of allylic oxidation sites excluding steroid dienone is 6. The Morgan fingerprint density at radius 2 is 1.83 bits per heavy atom. The van der Waals surface area contributed by atoms with Crippen molar-refractivity contribution in [2.75, 3.05) is 33.2 Å². The maximum absolute atomic E-state index is 10.5. The van der Waals surface area contributed by atoms with Gasteiger partial charge in [-0.1, -0.05) is 12.7 Å². The third kappa shape index (κ3) is 6.85. The summed E-state index contributed by atoms with van der Waals surface area (Å²) in [7, 11) is 2.19. The van der Waals surface area contributed by atoms with Crippen LogP contribution in [0.5, 0.6) is 0 Å². The number of hydrogen-bond donors (Lipinski definition) is 1. The van der Waals surface area contributed by atoms with Crippen LogP contribution in [0.2, 0.25) is 0 Å². The van der Waals surface area contributed by atoms with E-state index in [-0.39, 0.29) is 0 Å². The zero-order valence-electron chi connectivity index (χ0n) is 15.9. The highest BCUT2D eigenvalue weighted by molar-refractivity contribution is 5.77. The van der Waals surface area contributed by atoms with Crippen molar-refractivity contribution in [2.45, 2.75) is 40.2 Å². The second kappa shape index (κ2) is 10.3. The second-order valence-corrected chi connectivity index (χ2v) is 6.82. The summed E-state index contributed by atoms with van der Waals surface area (Å²) in [4.78, 5) is 15.4. The molecule has 0 saturated carbocycles. The summed E-state index contributed by atoms with van der Waals surface area (Å²) in [5, 5.41) is 3.25. The van der Waals surface area contributed by atoms with Gasteiger partial charge in [-0.05, 0) is 52.5 Å². The van der Waals surface area contributed by atoms with Crippen molar-refractivity contribution in [3.05, 3.63) is 47.3 Å². The van der Waals surface area contributed by atoms with E-state index in [2.05, 4.69) is 49.5 Å². The first kappa shape index (κ1) is 20.4. The molecular weight excluding hydrogens is 298 g/mol. The minimum absolute atomic E-state index is 0.599. The SMILES string of the molecule is C=C/C(C=O)=C\C=C1/CC(C)=C(C)N1.CC(C)N1CCN(C)CC1. The lowest BCUT2D eigenvalue weighted by Crippen LogP contribution is -2.47. The molecule has 2 rings (SSSR count). The average Bonchev–Trinajstić information content (AvgIpc) is 2.88. The standard InChI is InChI=1S/C12H15NO.C8H18N2/c1-4-11(8-14)5-6-12-7-9(2)10(3)13-12;1-8(2)10-6-4-9(3)5-7-10/h4-6,8,13H,1,7H2,2-3H3;8H,4-7H2,1-3H3/b11-5+,12-6+;. The van der Waals surface area contributed by atoms with Crippen molar-refractivity contribution in [3.8, 4) is 0 Å². The Morgan fingerprint density at radius 3 is 2.25 bits per heavy atom. The highest BCUT2D eigenvalue weighted by atomic mass is 16.1. The molecule has 0 atom stereocenters. The van der Waals surface area contributed by atoms with Gasteiger partial charge in [-0.3, -0.25) is 9.69 Å². The molecule has 4 nitrogen and oxygen atoms in total. The van der Waals surface area contributed by atoms with Gasteiger partial charge in [-0.25, -0.2) is 0 Å². The van der Waals surface area contributed by atoms with Crippen molar-refractivity contribution in [1.29, 1.82) is 0 Å². The minimum Gasteiger partial charge on any atom is -0.362 e. The maximum atomic E-state index is 10.5. The summed E-state index contributed by atoms with van der Waals surface area (Å²) in [6.45, 7) is 17.2. The molecule has 1 N–H and O–H groups in total. The van der Waals surface area contributed by atoms with Crippen molar-refractivity contribution in [3.63, 3.8) is 0 Å². The summed E-state index contributed by atoms with van der Waals surface area (Å²) in [5.41, 5.74) is 4.27. The largest absolute Gasteiger partial charge is 0.362 e. The van der Waals surface area contributed by atoms with Crippen LogP contribution in [0.4, 0.5) is 0 Å². The fourth-order valence-electron chi connectivity index (χ4n) is 2.60. The number of nitrogens with one attached hydrogen (secondary N) is 1. The van der Waals surface area contributed by atoms with Gasteiger partial charge in [0, 0.05) is 55.6 Å². The lowest BCUT2D eigenvalue weighted by molar-refractivity contribution is -0.104. The molecule has 1 saturated heterocycles. The number of hydrogen-bond acceptors (Lipinski definition) is 4. The van der Waals surface area contributed by atoms with Crippen LogP contribution in [-0.4, -0.2) is 55.4 Å². The van der Waals surface area contributed by atoms with Crippen LogP contribution in [-0.2, 0) is 4.79 Å². The lowest BCUT2D eigenvalue weighted by atomic mass is 10.2. The lowest BCUT2D eigenvalue weighted by Gasteiger charge is -2.34. The molecule has 0 spiro atoms. The first-order valence-corrected chi connectivity index (χ1v) is 8.71. The Hall–Kier alpha value is -1.65. The van der Waals surface area contributed by atoms with Crippen LogP contribution < -0.4 is 5.32 Å². The number of piperazine rings is 1. The van der Waals surface area contributed by atoms with Crippen LogP contribution in [0.1, 0.15) is 34.1 Å². The Kier molecular flexibility index (Phi) is 8.72. The van der Waals surface area contributed by atoms with Gasteiger partial charge in [-0.15, -0.1) is 0 Å². The Bertz CT molecular complexity index is 495. The van der Waals surface area contributed by atoms with E-state index in [1.807, 2.05) is 13.0 Å². The zero-order valence-corrected chi connectivity index (χ0v) is 15.9. The third-order valence-corrected chi connectivity index (χ3v) is 4.56. The molecular formula is C20H33N3O. The molecule has 0 bridgehead atoms. The van der Waals surface area contributed by atoms with Crippen LogP contribution >= 0.6 is 0 Å². The fraction of sp³-hybridized carbons (Fsp3) is 0.550. The van der Waals surface area contributed by atoms with E-state index in [9.17, 15) is 4.79 Å². The number of nitrogens with zero attached hydrogens (tertiary/aromatic N) is 2. The van der Waals surface area contributed by atoms with Gasteiger partial charge in [0.1, 0.15) is 6.29 Å². The molecule has 0 aromatic carbocycles. The van der Waals surface area contributed by atoms with E-state index >= 15 is 0 Å². The molecule has 0 aliphatic carbocycles. The van der Waals surface area contributed by atoms with Crippen LogP contribution in [0.15, 0.2) is 47.3 Å². The second-order valence-electron chi connectivity index (χ2n) is 6.82. The molecule has 134 valence electrons. The smallest absolute Gasteiger partial charge is 0.150 e. The van der Waals surface area contributed by atoms with E-state index in [0.29, 0.717) is 5.57 Å². The zero-order chi connectivity index (χ0) is 18.1. The quantitative estimate of drug-likeness (QED) is 0.488. The summed E-state index contributed by atoms with van der Waals surface area (Å²) in [6.07, 6.45) is 6.98. The van der Waals surface area contributed by atoms with Crippen molar-refractivity contribution in [2.24, 2.45) is 0 Å². The van der Waals surface area contributed by atoms with Crippen LogP contribution in [0.3, 0.4) is 0 Å². The number of likely N-dealkylation sites (N-methyl/N-ethyl adjacent to an activating group) is 1. The molecule has 0 unspecified atom stereocenters. The molecule has 0 radical (unpaired) electrons. The number of carbonyl (C=O) groups excluding carboxylic acids is 1. The van der Waals surface area contributed by atoms with Gasteiger partial charge in [0.25, 0.3) is 0 Å². The molecule has 0 aromatic heterocycles. The van der Waals surface area contributed by atoms with Crippen molar-refractivity contribution >= 4 is 6.29 Å². The average molecular weight is 332 g/mol.